The standard InChI is InChI=1S/C27H26F2N6O/c1-16(19-8-6-7-18(13-30)23(19)29)31-25-20-14-35(22-10-5-4-9-21(22)28)26(36)27(11-12-34(3)15-27)24(20)32-17(2)33-25/h4-10,16H,11-12,14-15H2,1-3H3,(H,31,32,33)/t16-,27-/m1/s1. The minimum absolute atomic E-state index is 0.0358. The molecular formula is C27H26F2N6O. The summed E-state index contributed by atoms with van der Waals surface area (Å²) in [4.78, 5) is 26.9. The molecule has 3 heterocycles. The first-order chi connectivity index (χ1) is 17.2. The van der Waals surface area contributed by atoms with Crippen molar-refractivity contribution in [2.24, 2.45) is 0 Å². The van der Waals surface area contributed by atoms with E-state index in [1.165, 1.54) is 17.0 Å². The maximum absolute atomic E-state index is 14.9. The Morgan fingerprint density at radius 3 is 2.64 bits per heavy atom. The molecule has 9 heteroatoms. The second-order valence-corrected chi connectivity index (χ2v) is 9.55. The number of hydrogen-bond donors (Lipinski definition) is 1. The lowest BCUT2D eigenvalue weighted by molar-refractivity contribution is -0.124. The summed E-state index contributed by atoms with van der Waals surface area (Å²) in [5.41, 5.74) is 0.873. The van der Waals surface area contributed by atoms with E-state index in [1.807, 2.05) is 13.1 Å². The number of aryl methyl sites for hydroxylation is 1. The largest absolute Gasteiger partial charge is 0.363 e. The molecule has 0 unspecified atom stereocenters. The second-order valence-electron chi connectivity index (χ2n) is 9.55. The number of para-hydroxylation sites is 1. The van der Waals surface area contributed by atoms with Crippen LogP contribution in [0.3, 0.4) is 0 Å². The summed E-state index contributed by atoms with van der Waals surface area (Å²) >= 11 is 0. The van der Waals surface area contributed by atoms with Crippen LogP contribution < -0.4 is 10.2 Å². The zero-order chi connectivity index (χ0) is 25.6. The van der Waals surface area contributed by atoms with Crippen molar-refractivity contribution in [1.29, 1.82) is 5.26 Å². The van der Waals surface area contributed by atoms with Gasteiger partial charge in [-0.3, -0.25) is 4.79 Å². The molecule has 5 rings (SSSR count). The number of fused-ring (bicyclic) bond motifs is 2. The molecule has 7 nitrogen and oxygen atoms in total. The van der Waals surface area contributed by atoms with Crippen LogP contribution in [-0.2, 0) is 16.8 Å². The molecule has 0 aliphatic carbocycles. The first kappa shape index (κ1) is 23.8. The lowest BCUT2D eigenvalue weighted by atomic mass is 9.76. The van der Waals surface area contributed by atoms with E-state index in [9.17, 15) is 18.8 Å². The van der Waals surface area contributed by atoms with Gasteiger partial charge in [0.1, 0.15) is 34.8 Å². The first-order valence-electron chi connectivity index (χ1n) is 11.8. The number of nitriles is 1. The second kappa shape index (κ2) is 8.95. The quantitative estimate of drug-likeness (QED) is 0.592. The number of anilines is 2. The molecule has 3 aromatic rings. The topological polar surface area (TPSA) is 85.1 Å². The fourth-order valence-corrected chi connectivity index (χ4v) is 5.34. The molecule has 2 aromatic carbocycles. The Hall–Kier alpha value is -3.90. The van der Waals surface area contributed by atoms with E-state index in [2.05, 4.69) is 15.2 Å². The number of halogens is 2. The van der Waals surface area contributed by atoms with Gasteiger partial charge in [0.2, 0.25) is 5.91 Å². The molecular weight excluding hydrogens is 462 g/mol. The van der Waals surface area contributed by atoms with Gasteiger partial charge in [-0.15, -0.1) is 0 Å². The lowest BCUT2D eigenvalue weighted by Crippen LogP contribution is -2.53. The van der Waals surface area contributed by atoms with Gasteiger partial charge in [0.25, 0.3) is 0 Å². The maximum atomic E-state index is 14.9. The predicted molar refractivity (Wildman–Crippen MR) is 131 cm³/mol. The number of aromatic nitrogens is 2. The van der Waals surface area contributed by atoms with Crippen LogP contribution in [0, 0.1) is 29.9 Å². The van der Waals surface area contributed by atoms with E-state index in [1.54, 1.807) is 44.2 Å². The number of nitrogens with zero attached hydrogens (tertiary/aromatic N) is 5. The Morgan fingerprint density at radius 2 is 1.94 bits per heavy atom. The number of likely N-dealkylation sites (N-methyl/N-ethyl adjacent to an activating group) is 1. The molecule has 0 saturated carbocycles. The number of likely N-dealkylation sites (tertiary alicyclic amines) is 1. The zero-order valence-corrected chi connectivity index (χ0v) is 20.3. The van der Waals surface area contributed by atoms with E-state index in [0.717, 1.165) is 0 Å². The van der Waals surface area contributed by atoms with Crippen LogP contribution in [0.2, 0.25) is 0 Å². The Balaban J connectivity index is 1.64. The minimum Gasteiger partial charge on any atom is -0.363 e. The van der Waals surface area contributed by atoms with Crippen molar-refractivity contribution in [3.05, 3.63) is 82.3 Å². The molecule has 1 saturated heterocycles. The SMILES string of the molecule is Cc1nc(N[C@H](C)c2cccc(C#N)c2F)c2c(n1)[C@]1(CCN(C)C1)C(=O)N(c1ccccc1F)C2. The Kier molecular flexibility index (Phi) is 5.92. The molecule has 184 valence electrons. The smallest absolute Gasteiger partial charge is 0.241 e. The van der Waals surface area contributed by atoms with E-state index in [0.29, 0.717) is 48.0 Å². The molecule has 1 spiro atoms. The number of carbonyl (C=O) groups excluding carboxylic acids is 1. The maximum Gasteiger partial charge on any atom is 0.241 e. The molecule has 0 bridgehead atoms. The Morgan fingerprint density at radius 1 is 1.17 bits per heavy atom. The summed E-state index contributed by atoms with van der Waals surface area (Å²) in [5, 5.41) is 12.5. The van der Waals surface area contributed by atoms with Gasteiger partial charge in [0, 0.05) is 17.7 Å². The average Bonchev–Trinajstić information content (AvgIpc) is 3.25. The molecule has 1 N–H and O–H groups in total. The van der Waals surface area contributed by atoms with Crippen LogP contribution in [0.15, 0.2) is 42.5 Å². The van der Waals surface area contributed by atoms with Crippen molar-refractivity contribution in [3.63, 3.8) is 0 Å². The van der Waals surface area contributed by atoms with E-state index in [4.69, 9.17) is 4.98 Å². The summed E-state index contributed by atoms with van der Waals surface area (Å²) < 4.78 is 29.8. The predicted octanol–water partition coefficient (Wildman–Crippen LogP) is 4.23. The molecule has 36 heavy (non-hydrogen) atoms. The zero-order valence-electron chi connectivity index (χ0n) is 20.3. The highest BCUT2D eigenvalue weighted by atomic mass is 19.1. The summed E-state index contributed by atoms with van der Waals surface area (Å²) in [5.74, 6) is -0.307. The summed E-state index contributed by atoms with van der Waals surface area (Å²) in [6.45, 7) is 4.77. The monoisotopic (exact) mass is 488 g/mol. The van der Waals surface area contributed by atoms with Crippen LogP contribution in [0.1, 0.15) is 47.6 Å². The van der Waals surface area contributed by atoms with Gasteiger partial charge in [-0.1, -0.05) is 24.3 Å². The number of benzene rings is 2. The van der Waals surface area contributed by atoms with Crippen molar-refractivity contribution in [1.82, 2.24) is 14.9 Å². The van der Waals surface area contributed by atoms with E-state index in [-0.39, 0.29) is 23.7 Å². The Bertz CT molecular complexity index is 1400. The highest BCUT2D eigenvalue weighted by Crippen LogP contribution is 2.44. The van der Waals surface area contributed by atoms with Gasteiger partial charge >= 0.3 is 0 Å². The van der Waals surface area contributed by atoms with Crippen molar-refractivity contribution >= 4 is 17.4 Å². The fraction of sp³-hybridized carbons (Fsp3) is 0.333. The normalized spacial score (nSPS) is 20.3. The van der Waals surface area contributed by atoms with Gasteiger partial charge < -0.3 is 15.1 Å². The summed E-state index contributed by atoms with van der Waals surface area (Å²) in [6.07, 6.45) is 0.546. The molecule has 2 aliphatic rings. The first-order valence-corrected chi connectivity index (χ1v) is 11.8. The van der Waals surface area contributed by atoms with Gasteiger partial charge in [0.15, 0.2) is 0 Å². The van der Waals surface area contributed by atoms with Gasteiger partial charge in [-0.05, 0) is 52.1 Å². The summed E-state index contributed by atoms with van der Waals surface area (Å²) in [7, 11) is 1.95. The molecule has 1 fully saturated rings. The van der Waals surface area contributed by atoms with E-state index < -0.39 is 23.1 Å². The fourth-order valence-electron chi connectivity index (χ4n) is 5.34. The highest BCUT2D eigenvalue weighted by Gasteiger charge is 2.53. The number of nitrogens with one attached hydrogen (secondary N) is 1. The van der Waals surface area contributed by atoms with Gasteiger partial charge in [0.05, 0.1) is 29.5 Å². The molecule has 1 amide bonds. The Labute approximate surface area is 208 Å². The van der Waals surface area contributed by atoms with Crippen LogP contribution in [0.5, 0.6) is 0 Å². The van der Waals surface area contributed by atoms with Crippen molar-refractivity contribution in [2.75, 3.05) is 30.4 Å². The molecule has 2 aliphatic heterocycles. The third kappa shape index (κ3) is 3.78. The van der Waals surface area contributed by atoms with Crippen molar-refractivity contribution < 1.29 is 13.6 Å². The number of rotatable bonds is 4. The summed E-state index contributed by atoms with van der Waals surface area (Å²) in [6, 6.07) is 12.3. The van der Waals surface area contributed by atoms with Crippen LogP contribution in [-0.4, -0.2) is 40.9 Å². The number of hydrogen-bond acceptors (Lipinski definition) is 6. The lowest BCUT2D eigenvalue weighted by Gasteiger charge is -2.41. The minimum atomic E-state index is -0.941. The number of amides is 1. The van der Waals surface area contributed by atoms with E-state index >= 15 is 0 Å². The van der Waals surface area contributed by atoms with Crippen LogP contribution in [0.25, 0.3) is 0 Å². The van der Waals surface area contributed by atoms with Crippen LogP contribution in [0.4, 0.5) is 20.3 Å². The number of carbonyl (C=O) groups is 1. The van der Waals surface area contributed by atoms with Gasteiger partial charge in [-0.25, -0.2) is 18.7 Å². The molecule has 2 atom stereocenters. The average molecular weight is 489 g/mol. The van der Waals surface area contributed by atoms with Crippen molar-refractivity contribution in [2.45, 2.75) is 38.3 Å². The van der Waals surface area contributed by atoms with Gasteiger partial charge in [-0.2, -0.15) is 5.26 Å². The molecule has 0 radical (unpaired) electrons. The molecule has 1 aromatic heterocycles. The van der Waals surface area contributed by atoms with Crippen molar-refractivity contribution in [3.8, 4) is 6.07 Å². The third-order valence-electron chi connectivity index (χ3n) is 7.12. The van der Waals surface area contributed by atoms with Crippen LogP contribution >= 0.6 is 0 Å². The highest BCUT2D eigenvalue weighted by molar-refractivity contribution is 6.03. The third-order valence-corrected chi connectivity index (χ3v) is 7.12.